The van der Waals surface area contributed by atoms with Gasteiger partial charge in [-0.3, -0.25) is 4.99 Å². The first-order valence-corrected chi connectivity index (χ1v) is 5.47. The van der Waals surface area contributed by atoms with Gasteiger partial charge in [0, 0.05) is 6.54 Å². The van der Waals surface area contributed by atoms with Crippen molar-refractivity contribution in [3.05, 3.63) is 0 Å². The molecule has 1 aliphatic heterocycles. The molecule has 0 aromatic rings. The molecule has 0 aliphatic carbocycles. The Kier molecular flexibility index (Phi) is 3.59. The molecule has 4 nitrogen and oxygen atoms in total. The number of nitrogens with zero attached hydrogens (tertiary/aromatic N) is 1. The molecule has 1 N–H and O–H groups in total. The highest BCUT2D eigenvalue weighted by Crippen LogP contribution is 2.16. The molecule has 5 heteroatoms. The summed E-state index contributed by atoms with van der Waals surface area (Å²) in [4.78, 5) is 15.2. The van der Waals surface area contributed by atoms with Gasteiger partial charge in [-0.15, -0.1) is 11.8 Å². The van der Waals surface area contributed by atoms with Gasteiger partial charge < -0.3 is 10.1 Å². The normalized spacial score (nSPS) is 28.5. The smallest absolute Gasteiger partial charge is 0.408 e. The van der Waals surface area contributed by atoms with E-state index in [0.717, 1.165) is 11.6 Å². The van der Waals surface area contributed by atoms with Crippen molar-refractivity contribution in [2.45, 2.75) is 26.0 Å². The van der Waals surface area contributed by atoms with Crippen molar-refractivity contribution in [2.75, 3.05) is 12.8 Å². The number of nitrogens with one attached hydrogen (secondary N) is 1. The topological polar surface area (TPSA) is 50.7 Å². The Morgan fingerprint density at radius 3 is 2.85 bits per heavy atom. The van der Waals surface area contributed by atoms with Crippen molar-refractivity contribution in [1.82, 2.24) is 5.32 Å². The van der Waals surface area contributed by atoms with Crippen molar-refractivity contribution in [3.8, 4) is 0 Å². The molecular formula is C8H14N2O2S. The Bertz CT molecular complexity index is 230. The number of thioether (sulfide) groups is 1. The third-order valence-electron chi connectivity index (χ3n) is 1.80. The minimum atomic E-state index is -0.352. The highest BCUT2D eigenvalue weighted by molar-refractivity contribution is 8.13. The molecule has 1 rings (SSSR count). The van der Waals surface area contributed by atoms with E-state index in [-0.39, 0.29) is 18.2 Å². The van der Waals surface area contributed by atoms with Gasteiger partial charge in [-0.2, -0.15) is 0 Å². The zero-order valence-electron chi connectivity index (χ0n) is 8.03. The zero-order chi connectivity index (χ0) is 9.84. The fourth-order valence-electron chi connectivity index (χ4n) is 1.20. The number of cyclic esters (lactones) is 1. The number of ether oxygens (including phenoxy) is 1. The first kappa shape index (κ1) is 10.4. The molecule has 0 saturated carbocycles. The van der Waals surface area contributed by atoms with Gasteiger partial charge in [0.05, 0.1) is 6.04 Å². The van der Waals surface area contributed by atoms with Gasteiger partial charge in [-0.25, -0.2) is 4.79 Å². The number of hydrogen-bond donors (Lipinski definition) is 1. The van der Waals surface area contributed by atoms with E-state index < -0.39 is 0 Å². The summed E-state index contributed by atoms with van der Waals surface area (Å²) in [5, 5.41) is 3.57. The second-order valence-electron chi connectivity index (χ2n) is 2.78. The number of amides is 1. The van der Waals surface area contributed by atoms with Crippen LogP contribution in [-0.2, 0) is 4.74 Å². The number of hydrogen-bond acceptors (Lipinski definition) is 4. The van der Waals surface area contributed by atoms with Crippen LogP contribution in [0.25, 0.3) is 0 Å². The Balaban J connectivity index is 2.69. The van der Waals surface area contributed by atoms with E-state index in [0.29, 0.717) is 0 Å². The van der Waals surface area contributed by atoms with Crippen LogP contribution in [0, 0.1) is 0 Å². The largest absolute Gasteiger partial charge is 0.437 e. The van der Waals surface area contributed by atoms with E-state index in [1.807, 2.05) is 20.1 Å². The predicted molar refractivity (Wildman–Crippen MR) is 54.4 cm³/mol. The molecular weight excluding hydrogens is 188 g/mol. The van der Waals surface area contributed by atoms with Gasteiger partial charge in [0.1, 0.15) is 5.04 Å². The summed E-state index contributed by atoms with van der Waals surface area (Å²) >= 11 is 1.53. The maximum Gasteiger partial charge on any atom is 0.408 e. The fourth-order valence-corrected chi connectivity index (χ4v) is 1.95. The van der Waals surface area contributed by atoms with Crippen LogP contribution in [0.2, 0.25) is 0 Å². The molecule has 1 saturated heterocycles. The molecule has 2 atom stereocenters. The van der Waals surface area contributed by atoms with Gasteiger partial charge >= 0.3 is 6.09 Å². The molecule has 1 amide bonds. The first-order valence-electron chi connectivity index (χ1n) is 4.24. The van der Waals surface area contributed by atoms with Crippen molar-refractivity contribution in [2.24, 2.45) is 4.99 Å². The second kappa shape index (κ2) is 4.50. The van der Waals surface area contributed by atoms with Crippen LogP contribution in [0.3, 0.4) is 0 Å². The second-order valence-corrected chi connectivity index (χ2v) is 3.60. The lowest BCUT2D eigenvalue weighted by Crippen LogP contribution is -2.32. The summed E-state index contributed by atoms with van der Waals surface area (Å²) in [5.41, 5.74) is 0. The summed E-state index contributed by atoms with van der Waals surface area (Å²) in [7, 11) is 0. The number of alkyl carbamates (subject to hydrolysis) is 1. The lowest BCUT2D eigenvalue weighted by atomic mass is 10.2. The van der Waals surface area contributed by atoms with Gasteiger partial charge in [-0.1, -0.05) is 0 Å². The van der Waals surface area contributed by atoms with Crippen LogP contribution in [0.5, 0.6) is 0 Å². The van der Waals surface area contributed by atoms with Gasteiger partial charge in [0.25, 0.3) is 0 Å². The van der Waals surface area contributed by atoms with Crippen molar-refractivity contribution in [1.29, 1.82) is 0 Å². The Morgan fingerprint density at radius 1 is 1.77 bits per heavy atom. The lowest BCUT2D eigenvalue weighted by Gasteiger charge is -2.13. The van der Waals surface area contributed by atoms with E-state index in [1.54, 1.807) is 0 Å². The molecule has 0 bridgehead atoms. The minimum absolute atomic E-state index is 0.0187. The Labute approximate surface area is 82.1 Å². The number of carbonyl (C=O) groups excluding carboxylic acids is 1. The summed E-state index contributed by atoms with van der Waals surface area (Å²) < 4.78 is 5.08. The highest BCUT2D eigenvalue weighted by Gasteiger charge is 2.34. The number of aliphatic imine (C=N–C) groups is 1. The van der Waals surface area contributed by atoms with Crippen LogP contribution in [0.1, 0.15) is 13.8 Å². The van der Waals surface area contributed by atoms with Crippen molar-refractivity contribution >= 4 is 22.9 Å². The van der Waals surface area contributed by atoms with Crippen LogP contribution < -0.4 is 5.32 Å². The standard InChI is InChI=1S/C8H14N2O2S/c1-4-9-7(13-3)6-5(2)10-8(11)12-6/h5-6H,4H2,1-3H3,(H,10,11)/b9-7-/t5-,6+/m0/s1. The van der Waals surface area contributed by atoms with E-state index in [1.165, 1.54) is 11.8 Å². The van der Waals surface area contributed by atoms with Crippen LogP contribution in [0.15, 0.2) is 4.99 Å². The van der Waals surface area contributed by atoms with E-state index in [2.05, 4.69) is 10.3 Å². The van der Waals surface area contributed by atoms with Crippen LogP contribution in [-0.4, -0.2) is 36.1 Å². The van der Waals surface area contributed by atoms with Crippen molar-refractivity contribution in [3.63, 3.8) is 0 Å². The molecule has 0 radical (unpaired) electrons. The SMILES string of the molecule is CC/N=C(\SC)[C@@H]1OC(=O)N[C@H]1C. The predicted octanol–water partition coefficient (Wildman–Crippen LogP) is 1.26. The summed E-state index contributed by atoms with van der Waals surface area (Å²) in [6.45, 7) is 4.60. The molecule has 1 fully saturated rings. The first-order chi connectivity index (χ1) is 6.19. The average Bonchev–Trinajstić information content (AvgIpc) is 2.41. The molecule has 1 heterocycles. The number of rotatable bonds is 2. The molecule has 0 aromatic carbocycles. The molecule has 0 spiro atoms. The van der Waals surface area contributed by atoms with Crippen LogP contribution >= 0.6 is 11.8 Å². The maximum absolute atomic E-state index is 10.9. The zero-order valence-corrected chi connectivity index (χ0v) is 8.85. The summed E-state index contributed by atoms with van der Waals surface area (Å²) in [6, 6.07) is 0.0187. The van der Waals surface area contributed by atoms with Gasteiger partial charge in [-0.05, 0) is 20.1 Å². The fraction of sp³-hybridized carbons (Fsp3) is 0.750. The lowest BCUT2D eigenvalue weighted by molar-refractivity contribution is 0.162. The van der Waals surface area contributed by atoms with Crippen LogP contribution in [0.4, 0.5) is 4.79 Å². The van der Waals surface area contributed by atoms with E-state index in [4.69, 9.17) is 4.74 Å². The van der Waals surface area contributed by atoms with E-state index in [9.17, 15) is 4.79 Å². The van der Waals surface area contributed by atoms with E-state index >= 15 is 0 Å². The third-order valence-corrected chi connectivity index (χ3v) is 2.58. The average molecular weight is 202 g/mol. The molecule has 1 aliphatic rings. The molecule has 13 heavy (non-hydrogen) atoms. The third kappa shape index (κ3) is 2.37. The highest BCUT2D eigenvalue weighted by atomic mass is 32.2. The van der Waals surface area contributed by atoms with Gasteiger partial charge in [0.2, 0.25) is 0 Å². The molecule has 0 unspecified atom stereocenters. The molecule has 0 aromatic heterocycles. The summed E-state index contributed by atoms with van der Waals surface area (Å²) in [6.07, 6.45) is 1.38. The molecule has 74 valence electrons. The minimum Gasteiger partial charge on any atom is -0.437 e. The van der Waals surface area contributed by atoms with Gasteiger partial charge in [0.15, 0.2) is 6.10 Å². The number of carbonyl (C=O) groups is 1. The summed E-state index contributed by atoms with van der Waals surface area (Å²) in [5.74, 6) is 0. The quantitative estimate of drug-likeness (QED) is 0.542. The maximum atomic E-state index is 10.9. The van der Waals surface area contributed by atoms with Crippen molar-refractivity contribution < 1.29 is 9.53 Å². The Hall–Kier alpha value is -0.710. The monoisotopic (exact) mass is 202 g/mol. The Morgan fingerprint density at radius 2 is 2.46 bits per heavy atom.